The molecule has 0 unspecified atom stereocenters. The molecule has 1 amide bonds. The summed E-state index contributed by atoms with van der Waals surface area (Å²) >= 11 is 0. The molecule has 1 heterocycles. The van der Waals surface area contributed by atoms with Crippen LogP contribution < -0.4 is 10.2 Å². The fourth-order valence-corrected chi connectivity index (χ4v) is 2.76. The van der Waals surface area contributed by atoms with Crippen LogP contribution in [0.1, 0.15) is 29.8 Å². The normalized spacial score (nSPS) is 10.6. The number of nitrogens with one attached hydrogen (secondary N) is 1. The van der Waals surface area contributed by atoms with Crippen LogP contribution in [0.5, 0.6) is 0 Å². The summed E-state index contributed by atoms with van der Waals surface area (Å²) in [5, 5.41) is 2.83. The topological polar surface area (TPSA) is 45.2 Å². The first-order chi connectivity index (χ1) is 12.6. The standard InChI is InChI=1S/C22H23N3O/c1-17(2)25(16-18-9-5-3-6-10-18)20-13-14-21(23-15-20)24-22(26)19-11-7-4-8-12-19/h3-15,17H,16H2,1-2H3,(H,23,24,26). The molecule has 0 aliphatic carbocycles. The smallest absolute Gasteiger partial charge is 0.256 e. The molecule has 3 rings (SSSR count). The Morgan fingerprint density at radius 2 is 1.62 bits per heavy atom. The molecule has 4 nitrogen and oxygen atoms in total. The maximum absolute atomic E-state index is 12.2. The second kappa shape index (κ2) is 8.30. The maximum Gasteiger partial charge on any atom is 0.256 e. The van der Waals surface area contributed by atoms with Gasteiger partial charge in [-0.25, -0.2) is 4.98 Å². The monoisotopic (exact) mass is 345 g/mol. The lowest BCUT2D eigenvalue weighted by Crippen LogP contribution is -2.30. The summed E-state index contributed by atoms with van der Waals surface area (Å²) in [6.45, 7) is 5.14. The van der Waals surface area contributed by atoms with Gasteiger partial charge in [-0.1, -0.05) is 48.5 Å². The van der Waals surface area contributed by atoms with E-state index in [4.69, 9.17) is 0 Å². The van der Waals surface area contributed by atoms with Gasteiger partial charge in [-0.2, -0.15) is 0 Å². The van der Waals surface area contributed by atoms with Crippen LogP contribution in [0.4, 0.5) is 11.5 Å². The van der Waals surface area contributed by atoms with Gasteiger partial charge in [0.05, 0.1) is 11.9 Å². The third-order valence-corrected chi connectivity index (χ3v) is 4.18. The van der Waals surface area contributed by atoms with Crippen LogP contribution in [0.3, 0.4) is 0 Å². The van der Waals surface area contributed by atoms with Crippen molar-refractivity contribution in [3.63, 3.8) is 0 Å². The lowest BCUT2D eigenvalue weighted by Gasteiger charge is -2.29. The zero-order valence-corrected chi connectivity index (χ0v) is 15.1. The van der Waals surface area contributed by atoms with Gasteiger partial charge >= 0.3 is 0 Å². The zero-order valence-electron chi connectivity index (χ0n) is 15.1. The summed E-state index contributed by atoms with van der Waals surface area (Å²) in [7, 11) is 0. The quantitative estimate of drug-likeness (QED) is 0.701. The summed E-state index contributed by atoms with van der Waals surface area (Å²) in [6.07, 6.45) is 1.81. The zero-order chi connectivity index (χ0) is 18.4. The van der Waals surface area contributed by atoms with E-state index >= 15 is 0 Å². The van der Waals surface area contributed by atoms with Crippen molar-refractivity contribution < 1.29 is 4.79 Å². The molecule has 0 radical (unpaired) electrons. The number of hydrogen-bond acceptors (Lipinski definition) is 3. The Labute approximate surface area is 154 Å². The van der Waals surface area contributed by atoms with Crippen LogP contribution in [-0.2, 0) is 6.54 Å². The molecule has 1 N–H and O–H groups in total. The number of amides is 1. The Morgan fingerprint density at radius 1 is 0.962 bits per heavy atom. The van der Waals surface area contributed by atoms with Crippen molar-refractivity contribution in [1.82, 2.24) is 4.98 Å². The Morgan fingerprint density at radius 3 is 2.19 bits per heavy atom. The first-order valence-electron chi connectivity index (χ1n) is 8.76. The van der Waals surface area contributed by atoms with E-state index in [1.165, 1.54) is 5.56 Å². The van der Waals surface area contributed by atoms with Gasteiger partial charge in [0.1, 0.15) is 5.82 Å². The second-order valence-corrected chi connectivity index (χ2v) is 6.43. The van der Waals surface area contributed by atoms with Gasteiger partial charge in [0.25, 0.3) is 5.91 Å². The Balaban J connectivity index is 1.71. The predicted molar refractivity (Wildman–Crippen MR) is 106 cm³/mol. The van der Waals surface area contributed by atoms with Crippen molar-refractivity contribution in [3.05, 3.63) is 90.1 Å². The number of benzene rings is 2. The number of anilines is 2. The van der Waals surface area contributed by atoms with Crippen molar-refractivity contribution in [2.75, 3.05) is 10.2 Å². The van der Waals surface area contributed by atoms with E-state index in [-0.39, 0.29) is 5.91 Å². The van der Waals surface area contributed by atoms with E-state index in [1.54, 1.807) is 12.1 Å². The largest absolute Gasteiger partial charge is 0.364 e. The van der Waals surface area contributed by atoms with E-state index in [2.05, 4.69) is 41.2 Å². The van der Waals surface area contributed by atoms with Gasteiger partial charge in [-0.15, -0.1) is 0 Å². The number of pyridine rings is 1. The minimum absolute atomic E-state index is 0.157. The van der Waals surface area contributed by atoms with E-state index in [1.807, 2.05) is 54.7 Å². The highest BCUT2D eigenvalue weighted by molar-refractivity contribution is 6.03. The molecule has 4 heteroatoms. The van der Waals surface area contributed by atoms with Crippen molar-refractivity contribution in [2.45, 2.75) is 26.4 Å². The highest BCUT2D eigenvalue weighted by atomic mass is 16.1. The molecule has 0 spiro atoms. The SMILES string of the molecule is CC(C)N(Cc1ccccc1)c1ccc(NC(=O)c2ccccc2)nc1. The van der Waals surface area contributed by atoms with Gasteiger partial charge in [0, 0.05) is 18.2 Å². The molecule has 0 fully saturated rings. The Bertz CT molecular complexity index is 830. The fourth-order valence-electron chi connectivity index (χ4n) is 2.76. The van der Waals surface area contributed by atoms with E-state index in [9.17, 15) is 4.79 Å². The molecule has 0 aliphatic rings. The summed E-state index contributed by atoms with van der Waals surface area (Å²) in [5.74, 6) is 0.391. The van der Waals surface area contributed by atoms with Crippen LogP contribution in [0.15, 0.2) is 79.0 Å². The van der Waals surface area contributed by atoms with Gasteiger partial charge in [-0.05, 0) is 43.7 Å². The molecule has 0 aliphatic heterocycles. The summed E-state index contributed by atoms with van der Waals surface area (Å²) in [4.78, 5) is 18.9. The molecular formula is C22H23N3O. The van der Waals surface area contributed by atoms with Crippen molar-refractivity contribution in [3.8, 4) is 0 Å². The molecule has 26 heavy (non-hydrogen) atoms. The summed E-state index contributed by atoms with van der Waals surface area (Å²) < 4.78 is 0. The van der Waals surface area contributed by atoms with Gasteiger partial charge in [0.15, 0.2) is 0 Å². The van der Waals surface area contributed by atoms with Gasteiger partial charge < -0.3 is 10.2 Å². The Hall–Kier alpha value is -3.14. The minimum Gasteiger partial charge on any atom is -0.364 e. The summed E-state index contributed by atoms with van der Waals surface area (Å²) in [6, 6.07) is 23.7. The van der Waals surface area contributed by atoms with Crippen LogP contribution in [-0.4, -0.2) is 16.9 Å². The molecule has 132 valence electrons. The van der Waals surface area contributed by atoms with Crippen molar-refractivity contribution in [2.24, 2.45) is 0 Å². The second-order valence-electron chi connectivity index (χ2n) is 6.43. The molecule has 0 bridgehead atoms. The van der Waals surface area contributed by atoms with Crippen molar-refractivity contribution >= 4 is 17.4 Å². The molecule has 0 saturated heterocycles. The van der Waals surface area contributed by atoms with E-state index < -0.39 is 0 Å². The third kappa shape index (κ3) is 4.48. The Kier molecular flexibility index (Phi) is 5.64. The maximum atomic E-state index is 12.2. The van der Waals surface area contributed by atoms with Crippen LogP contribution in [0.25, 0.3) is 0 Å². The van der Waals surface area contributed by atoms with Gasteiger partial charge in [-0.3, -0.25) is 4.79 Å². The first-order valence-corrected chi connectivity index (χ1v) is 8.76. The molecule has 2 aromatic carbocycles. The predicted octanol–water partition coefficient (Wildman–Crippen LogP) is 4.75. The first kappa shape index (κ1) is 17.7. The van der Waals surface area contributed by atoms with E-state index in [0.717, 1.165) is 12.2 Å². The average molecular weight is 345 g/mol. The molecule has 0 atom stereocenters. The number of carbonyl (C=O) groups is 1. The molecular weight excluding hydrogens is 322 g/mol. The number of nitrogens with zero attached hydrogens (tertiary/aromatic N) is 2. The number of rotatable bonds is 6. The highest BCUT2D eigenvalue weighted by Gasteiger charge is 2.12. The third-order valence-electron chi connectivity index (χ3n) is 4.18. The van der Waals surface area contributed by atoms with E-state index in [0.29, 0.717) is 17.4 Å². The minimum atomic E-state index is -0.157. The van der Waals surface area contributed by atoms with Crippen LogP contribution in [0, 0.1) is 0 Å². The van der Waals surface area contributed by atoms with Gasteiger partial charge in [0.2, 0.25) is 0 Å². The molecule has 3 aromatic rings. The number of hydrogen-bond donors (Lipinski definition) is 1. The number of aromatic nitrogens is 1. The molecule has 0 saturated carbocycles. The lowest BCUT2D eigenvalue weighted by atomic mass is 10.1. The van der Waals surface area contributed by atoms with Crippen LogP contribution >= 0.6 is 0 Å². The van der Waals surface area contributed by atoms with Crippen LogP contribution in [0.2, 0.25) is 0 Å². The highest BCUT2D eigenvalue weighted by Crippen LogP contribution is 2.21. The number of carbonyl (C=O) groups excluding carboxylic acids is 1. The average Bonchev–Trinajstić information content (AvgIpc) is 2.68. The molecule has 1 aromatic heterocycles. The lowest BCUT2D eigenvalue weighted by molar-refractivity contribution is 0.102. The fraction of sp³-hybridized carbons (Fsp3) is 0.182. The van der Waals surface area contributed by atoms with Crippen molar-refractivity contribution in [1.29, 1.82) is 0 Å². The summed E-state index contributed by atoms with van der Waals surface area (Å²) in [5.41, 5.74) is 2.90.